The molecule has 0 aliphatic rings. The van der Waals surface area contributed by atoms with Gasteiger partial charge in [-0.05, 0) is 41.8 Å². The van der Waals surface area contributed by atoms with Gasteiger partial charge < -0.3 is 4.90 Å². The number of hydrogen-bond donors (Lipinski definition) is 0. The van der Waals surface area contributed by atoms with Gasteiger partial charge in [0.1, 0.15) is 5.69 Å². The van der Waals surface area contributed by atoms with Gasteiger partial charge in [-0.15, -0.1) is 0 Å². The number of rotatable bonds is 7. The van der Waals surface area contributed by atoms with E-state index in [1.165, 1.54) is 0 Å². The van der Waals surface area contributed by atoms with Gasteiger partial charge in [-0.3, -0.25) is 19.6 Å². The monoisotopic (exact) mass is 407 g/mol. The molecule has 0 saturated heterocycles. The number of pyridine rings is 2. The van der Waals surface area contributed by atoms with E-state index in [4.69, 9.17) is 11.6 Å². The Hall–Kier alpha value is -3.05. The highest BCUT2D eigenvalue weighted by atomic mass is 35.5. The summed E-state index contributed by atoms with van der Waals surface area (Å²) in [6.07, 6.45) is 6.58. The van der Waals surface area contributed by atoms with Crippen molar-refractivity contribution in [2.75, 3.05) is 11.9 Å². The molecule has 29 heavy (non-hydrogen) atoms. The molecule has 0 spiro atoms. The van der Waals surface area contributed by atoms with Crippen molar-refractivity contribution in [2.45, 2.75) is 26.2 Å². The first-order valence-corrected chi connectivity index (χ1v) is 9.82. The number of anilines is 1. The number of carbonyl (C=O) groups is 2. The van der Waals surface area contributed by atoms with Gasteiger partial charge in [-0.1, -0.05) is 36.7 Å². The van der Waals surface area contributed by atoms with Crippen LogP contribution in [0.4, 0.5) is 5.69 Å². The van der Waals surface area contributed by atoms with Crippen LogP contribution < -0.4 is 4.90 Å². The molecule has 0 atom stereocenters. The number of carbonyl (C=O) groups excluding carboxylic acids is 2. The molecule has 0 unspecified atom stereocenters. The van der Waals surface area contributed by atoms with Crippen molar-refractivity contribution in [3.05, 3.63) is 77.3 Å². The van der Waals surface area contributed by atoms with Gasteiger partial charge in [-0.25, -0.2) is 0 Å². The summed E-state index contributed by atoms with van der Waals surface area (Å²) in [7, 11) is 1.71. The quantitative estimate of drug-likeness (QED) is 0.518. The molecule has 0 aliphatic carbocycles. The highest BCUT2D eigenvalue weighted by molar-refractivity contribution is 6.34. The predicted octanol–water partition coefficient (Wildman–Crippen LogP) is 4.99. The summed E-state index contributed by atoms with van der Waals surface area (Å²) in [6, 6.07) is 12.9. The van der Waals surface area contributed by atoms with E-state index in [0.717, 1.165) is 16.7 Å². The maximum atomic E-state index is 12.4. The van der Waals surface area contributed by atoms with Crippen LogP contribution in [-0.4, -0.2) is 28.7 Å². The van der Waals surface area contributed by atoms with Crippen molar-refractivity contribution in [1.29, 1.82) is 0 Å². The summed E-state index contributed by atoms with van der Waals surface area (Å²) in [5.74, 6) is -0.0102. The number of aryl methyl sites for hydroxylation is 1. The first kappa shape index (κ1) is 20.7. The summed E-state index contributed by atoms with van der Waals surface area (Å²) < 4.78 is 0. The average Bonchev–Trinajstić information content (AvgIpc) is 2.77. The molecule has 6 heteroatoms. The number of halogens is 1. The van der Waals surface area contributed by atoms with Crippen LogP contribution in [0.25, 0.3) is 11.1 Å². The van der Waals surface area contributed by atoms with E-state index >= 15 is 0 Å². The second-order valence-electron chi connectivity index (χ2n) is 6.69. The molecule has 0 saturated carbocycles. The number of benzene rings is 1. The molecule has 0 aliphatic heterocycles. The number of hydrogen-bond acceptors (Lipinski definition) is 4. The van der Waals surface area contributed by atoms with Crippen molar-refractivity contribution >= 4 is 29.0 Å². The minimum atomic E-state index is -0.00603. The minimum Gasteiger partial charge on any atom is -0.314 e. The fraction of sp³-hybridized carbons (Fsp3) is 0.217. The molecule has 148 valence electrons. The lowest BCUT2D eigenvalue weighted by Gasteiger charge is -2.18. The van der Waals surface area contributed by atoms with Crippen molar-refractivity contribution in [3.63, 3.8) is 0 Å². The molecule has 3 aromatic rings. The lowest BCUT2D eigenvalue weighted by molar-refractivity contribution is -0.118. The SMILES string of the molecule is CCC(=O)N(C)c1ccc(-c2ccc(C(=O)CCc3cccnc3)nc2)cc1Cl. The van der Waals surface area contributed by atoms with E-state index in [0.29, 0.717) is 35.7 Å². The normalized spacial score (nSPS) is 10.6. The summed E-state index contributed by atoms with van der Waals surface area (Å²) >= 11 is 6.38. The third-order valence-electron chi connectivity index (χ3n) is 4.73. The van der Waals surface area contributed by atoms with Crippen LogP contribution in [0.3, 0.4) is 0 Å². The molecule has 2 aromatic heterocycles. The molecule has 2 heterocycles. The predicted molar refractivity (Wildman–Crippen MR) is 115 cm³/mol. The molecule has 1 amide bonds. The van der Waals surface area contributed by atoms with Crippen LogP contribution in [0.5, 0.6) is 0 Å². The molecule has 5 nitrogen and oxygen atoms in total. The highest BCUT2D eigenvalue weighted by Crippen LogP contribution is 2.31. The lowest BCUT2D eigenvalue weighted by Crippen LogP contribution is -2.25. The minimum absolute atomic E-state index is 0.00420. The smallest absolute Gasteiger partial charge is 0.226 e. The first-order chi connectivity index (χ1) is 14.0. The van der Waals surface area contributed by atoms with Crippen LogP contribution in [0.2, 0.25) is 5.02 Å². The Morgan fingerprint density at radius 3 is 2.48 bits per heavy atom. The van der Waals surface area contributed by atoms with Crippen molar-refractivity contribution in [1.82, 2.24) is 9.97 Å². The molecule has 0 bridgehead atoms. The van der Waals surface area contributed by atoms with E-state index < -0.39 is 0 Å². The second-order valence-corrected chi connectivity index (χ2v) is 7.10. The molecule has 0 radical (unpaired) electrons. The van der Waals surface area contributed by atoms with E-state index in [1.54, 1.807) is 42.7 Å². The Kier molecular flexibility index (Phi) is 6.73. The maximum absolute atomic E-state index is 12.4. The molecule has 0 N–H and O–H groups in total. The van der Waals surface area contributed by atoms with E-state index in [1.807, 2.05) is 37.3 Å². The standard InChI is InChI=1S/C23H22ClN3O2/c1-3-23(29)27(2)21-10-8-17(13-19(21)24)18-7-9-20(26-15-18)22(28)11-6-16-5-4-12-25-14-16/h4-5,7-10,12-15H,3,6,11H2,1-2H3. The summed E-state index contributed by atoms with van der Waals surface area (Å²) in [5, 5.41) is 0.489. The largest absolute Gasteiger partial charge is 0.314 e. The van der Waals surface area contributed by atoms with Crippen LogP contribution >= 0.6 is 11.6 Å². The average molecular weight is 408 g/mol. The van der Waals surface area contributed by atoms with Gasteiger partial charge >= 0.3 is 0 Å². The van der Waals surface area contributed by atoms with Gasteiger partial charge in [-0.2, -0.15) is 0 Å². The number of aromatic nitrogens is 2. The van der Waals surface area contributed by atoms with Crippen LogP contribution in [0.15, 0.2) is 61.1 Å². The zero-order valence-corrected chi connectivity index (χ0v) is 17.2. The van der Waals surface area contributed by atoms with Crippen molar-refractivity contribution < 1.29 is 9.59 Å². The summed E-state index contributed by atoms with van der Waals surface area (Å²) in [4.78, 5) is 34.2. The van der Waals surface area contributed by atoms with Gasteiger partial charge in [0.2, 0.25) is 5.91 Å². The topological polar surface area (TPSA) is 63.2 Å². The maximum Gasteiger partial charge on any atom is 0.226 e. The Labute approximate surface area is 175 Å². The molecule has 0 fully saturated rings. The second kappa shape index (κ2) is 9.43. The van der Waals surface area contributed by atoms with Crippen LogP contribution in [0.1, 0.15) is 35.8 Å². The zero-order valence-electron chi connectivity index (χ0n) is 16.4. The number of ketones is 1. The van der Waals surface area contributed by atoms with Crippen molar-refractivity contribution in [3.8, 4) is 11.1 Å². The first-order valence-electron chi connectivity index (χ1n) is 9.44. The number of amides is 1. The summed E-state index contributed by atoms with van der Waals surface area (Å²) in [5.41, 5.74) is 3.86. The Bertz CT molecular complexity index is 1000. The third-order valence-corrected chi connectivity index (χ3v) is 5.03. The fourth-order valence-corrected chi connectivity index (χ4v) is 3.30. The van der Waals surface area contributed by atoms with E-state index in [2.05, 4.69) is 9.97 Å². The van der Waals surface area contributed by atoms with Crippen LogP contribution in [0, 0.1) is 0 Å². The van der Waals surface area contributed by atoms with Gasteiger partial charge in [0.15, 0.2) is 5.78 Å². The molecular weight excluding hydrogens is 386 g/mol. The Balaban J connectivity index is 1.70. The molecule has 1 aromatic carbocycles. The van der Waals surface area contributed by atoms with Gasteiger partial charge in [0.05, 0.1) is 10.7 Å². The fourth-order valence-electron chi connectivity index (χ4n) is 2.99. The molecular formula is C23H22ClN3O2. The van der Waals surface area contributed by atoms with Crippen molar-refractivity contribution in [2.24, 2.45) is 0 Å². The number of Topliss-reactive ketones (excluding diaryl/α,β-unsaturated/α-hetero) is 1. The van der Waals surface area contributed by atoms with Crippen LogP contribution in [-0.2, 0) is 11.2 Å². The zero-order chi connectivity index (χ0) is 20.8. The highest BCUT2D eigenvalue weighted by Gasteiger charge is 2.14. The Morgan fingerprint density at radius 2 is 1.86 bits per heavy atom. The summed E-state index contributed by atoms with van der Waals surface area (Å²) in [6.45, 7) is 1.81. The van der Waals surface area contributed by atoms with Gasteiger partial charge in [0, 0.05) is 44.0 Å². The van der Waals surface area contributed by atoms with E-state index in [-0.39, 0.29) is 11.7 Å². The molecule has 3 rings (SSSR count). The lowest BCUT2D eigenvalue weighted by atomic mass is 10.0. The van der Waals surface area contributed by atoms with E-state index in [9.17, 15) is 9.59 Å². The number of nitrogens with zero attached hydrogens (tertiary/aromatic N) is 3. The Morgan fingerprint density at radius 1 is 1.07 bits per heavy atom. The third kappa shape index (κ3) is 5.06. The van der Waals surface area contributed by atoms with Gasteiger partial charge in [0.25, 0.3) is 0 Å².